The van der Waals surface area contributed by atoms with Crippen LogP contribution in [0.15, 0.2) is 35.5 Å². The van der Waals surface area contributed by atoms with Crippen molar-refractivity contribution in [1.82, 2.24) is 10.6 Å². The van der Waals surface area contributed by atoms with Crippen LogP contribution in [0.4, 0.5) is 5.69 Å². The summed E-state index contributed by atoms with van der Waals surface area (Å²) in [6, 6.07) is 8.24. The molecular weight excluding hydrogens is 338 g/mol. The Morgan fingerprint density at radius 3 is 2.64 bits per heavy atom. The molecule has 1 aliphatic rings. The van der Waals surface area contributed by atoms with Crippen molar-refractivity contribution in [2.75, 3.05) is 45.4 Å². The van der Waals surface area contributed by atoms with Crippen LogP contribution >= 0.6 is 12.2 Å². The molecule has 2 rings (SSSR count). The number of carbonyl (C=O) groups is 1. The minimum Gasteiger partial charge on any atom is -0.462 e. The third kappa shape index (κ3) is 5.72. The number of esters is 1. The van der Waals surface area contributed by atoms with Crippen molar-refractivity contribution in [3.05, 3.63) is 41.1 Å². The second-order valence-electron chi connectivity index (χ2n) is 5.88. The molecule has 0 saturated carbocycles. The largest absolute Gasteiger partial charge is 0.462 e. The molecule has 0 aliphatic carbocycles. The monoisotopic (exact) mass is 363 g/mol. The van der Waals surface area contributed by atoms with Gasteiger partial charge in [0.05, 0.1) is 25.3 Å². The number of nitrogens with zero attached hydrogens (tertiary/aromatic N) is 1. The fourth-order valence-electron chi connectivity index (χ4n) is 2.44. The Hall–Kier alpha value is -2.12. The first kappa shape index (κ1) is 19.2. The molecule has 1 aromatic carbocycles. The van der Waals surface area contributed by atoms with E-state index in [1.807, 2.05) is 14.0 Å². The van der Waals surface area contributed by atoms with E-state index in [-0.39, 0.29) is 5.97 Å². The third-order valence-corrected chi connectivity index (χ3v) is 4.30. The number of nitrogens with one attached hydrogen (secondary N) is 2. The average molecular weight is 363 g/mol. The van der Waals surface area contributed by atoms with Crippen molar-refractivity contribution < 1.29 is 14.3 Å². The lowest BCUT2D eigenvalue weighted by Gasteiger charge is -2.21. The van der Waals surface area contributed by atoms with Gasteiger partial charge in [0.2, 0.25) is 0 Å². The lowest BCUT2D eigenvalue weighted by Crippen LogP contribution is -2.43. The lowest BCUT2D eigenvalue weighted by atomic mass is 10.1. The minimum absolute atomic E-state index is 0.309. The van der Waals surface area contributed by atoms with Crippen LogP contribution in [0.5, 0.6) is 0 Å². The highest BCUT2D eigenvalue weighted by molar-refractivity contribution is 7.80. The first-order chi connectivity index (χ1) is 12.0. The van der Waals surface area contributed by atoms with Gasteiger partial charge in [-0.2, -0.15) is 0 Å². The Morgan fingerprint density at radius 2 is 2.00 bits per heavy atom. The molecule has 1 aliphatic heterocycles. The standard InChI is InChI=1S/C18H25N3O3S/c1-13-16(12-19-18(25)20-13)17(22)24-10-8-14-4-6-15(7-5-14)21(2)9-11-23-3/h4-7H,8-12H2,1-3H3,(H2,19,20,25). The molecule has 7 heteroatoms. The molecule has 0 atom stereocenters. The van der Waals surface area contributed by atoms with Crippen molar-refractivity contribution >= 4 is 29.0 Å². The molecule has 0 saturated heterocycles. The molecular formula is C18H25N3O3S. The zero-order chi connectivity index (χ0) is 18.2. The molecule has 0 bridgehead atoms. The van der Waals surface area contributed by atoms with Gasteiger partial charge in [0.25, 0.3) is 0 Å². The first-order valence-electron chi connectivity index (χ1n) is 8.22. The Morgan fingerprint density at radius 1 is 1.28 bits per heavy atom. The van der Waals surface area contributed by atoms with Crippen LogP contribution in [0.25, 0.3) is 0 Å². The summed E-state index contributed by atoms with van der Waals surface area (Å²) in [7, 11) is 3.73. The molecule has 0 spiro atoms. The fourth-order valence-corrected chi connectivity index (χ4v) is 2.66. The second-order valence-corrected chi connectivity index (χ2v) is 6.29. The van der Waals surface area contributed by atoms with Crippen LogP contribution in [0, 0.1) is 0 Å². The number of likely N-dealkylation sites (N-methyl/N-ethyl adjacent to an activating group) is 1. The summed E-state index contributed by atoms with van der Waals surface area (Å²) in [6.07, 6.45) is 0.680. The van der Waals surface area contributed by atoms with Gasteiger partial charge in [-0.15, -0.1) is 0 Å². The van der Waals surface area contributed by atoms with Crippen molar-refractivity contribution in [3.8, 4) is 0 Å². The maximum Gasteiger partial charge on any atom is 0.337 e. The number of hydrogen-bond donors (Lipinski definition) is 2. The minimum atomic E-state index is -0.309. The number of rotatable bonds is 8. The normalized spacial score (nSPS) is 14.0. The van der Waals surface area contributed by atoms with Crippen molar-refractivity contribution in [1.29, 1.82) is 0 Å². The Balaban J connectivity index is 1.81. The summed E-state index contributed by atoms with van der Waals surface area (Å²) in [5.41, 5.74) is 3.60. The third-order valence-electron chi connectivity index (χ3n) is 4.06. The van der Waals surface area contributed by atoms with E-state index in [1.165, 1.54) is 0 Å². The van der Waals surface area contributed by atoms with E-state index in [1.54, 1.807) is 7.11 Å². The molecule has 0 aromatic heterocycles. The van der Waals surface area contributed by atoms with Crippen LogP contribution in [0.3, 0.4) is 0 Å². The predicted octanol–water partition coefficient (Wildman–Crippen LogP) is 1.61. The van der Waals surface area contributed by atoms with Crippen LogP contribution in [-0.4, -0.2) is 51.5 Å². The van der Waals surface area contributed by atoms with Crippen molar-refractivity contribution in [3.63, 3.8) is 0 Å². The molecule has 1 aromatic rings. The van der Waals surface area contributed by atoms with Crippen LogP contribution in [-0.2, 0) is 20.7 Å². The molecule has 0 amide bonds. The van der Waals surface area contributed by atoms with Crippen LogP contribution in [0.1, 0.15) is 12.5 Å². The maximum atomic E-state index is 12.1. The Labute approximate surface area is 154 Å². The Bertz CT molecular complexity index is 643. The van der Waals surface area contributed by atoms with Gasteiger partial charge in [0.15, 0.2) is 5.11 Å². The van der Waals surface area contributed by atoms with Gasteiger partial charge in [-0.25, -0.2) is 4.79 Å². The number of methoxy groups -OCH3 is 1. The number of allylic oxidation sites excluding steroid dienone is 1. The van der Waals surface area contributed by atoms with E-state index in [9.17, 15) is 4.79 Å². The van der Waals surface area contributed by atoms with Gasteiger partial charge in [-0.1, -0.05) is 12.1 Å². The molecule has 2 N–H and O–H groups in total. The van der Waals surface area contributed by atoms with Gasteiger partial charge in [-0.3, -0.25) is 0 Å². The van der Waals surface area contributed by atoms with Gasteiger partial charge in [0.1, 0.15) is 0 Å². The number of thiocarbonyl (C=S) groups is 1. The van der Waals surface area contributed by atoms with Crippen LogP contribution in [0.2, 0.25) is 0 Å². The number of hydrogen-bond acceptors (Lipinski definition) is 5. The number of benzene rings is 1. The fraction of sp³-hybridized carbons (Fsp3) is 0.444. The highest BCUT2D eigenvalue weighted by Gasteiger charge is 2.19. The van der Waals surface area contributed by atoms with E-state index in [0.29, 0.717) is 36.9 Å². The first-order valence-corrected chi connectivity index (χ1v) is 8.63. The number of carbonyl (C=O) groups excluding carboxylic acids is 1. The molecule has 0 radical (unpaired) electrons. The molecule has 136 valence electrons. The number of ether oxygens (including phenoxy) is 2. The highest BCUT2D eigenvalue weighted by Crippen LogP contribution is 2.14. The van der Waals surface area contributed by atoms with E-state index < -0.39 is 0 Å². The zero-order valence-electron chi connectivity index (χ0n) is 14.9. The van der Waals surface area contributed by atoms with Gasteiger partial charge < -0.3 is 25.0 Å². The van der Waals surface area contributed by atoms with E-state index >= 15 is 0 Å². The lowest BCUT2D eigenvalue weighted by molar-refractivity contribution is -0.139. The van der Waals surface area contributed by atoms with Crippen molar-refractivity contribution in [2.24, 2.45) is 0 Å². The molecule has 6 nitrogen and oxygen atoms in total. The van der Waals surface area contributed by atoms with Crippen molar-refractivity contribution in [2.45, 2.75) is 13.3 Å². The quantitative estimate of drug-likeness (QED) is 0.537. The maximum absolute atomic E-state index is 12.1. The molecule has 1 heterocycles. The molecule has 25 heavy (non-hydrogen) atoms. The highest BCUT2D eigenvalue weighted by atomic mass is 32.1. The summed E-state index contributed by atoms with van der Waals surface area (Å²) in [6.45, 7) is 4.10. The smallest absolute Gasteiger partial charge is 0.337 e. The van der Waals surface area contributed by atoms with E-state index in [0.717, 1.165) is 23.5 Å². The number of anilines is 1. The average Bonchev–Trinajstić information content (AvgIpc) is 2.60. The predicted molar refractivity (Wildman–Crippen MR) is 103 cm³/mol. The summed E-state index contributed by atoms with van der Waals surface area (Å²) in [5, 5.41) is 6.40. The summed E-state index contributed by atoms with van der Waals surface area (Å²) in [5.74, 6) is -0.309. The van der Waals surface area contributed by atoms with Gasteiger partial charge >= 0.3 is 5.97 Å². The second kappa shape index (κ2) is 9.39. The summed E-state index contributed by atoms with van der Waals surface area (Å²) in [4.78, 5) is 14.3. The van der Waals surface area contributed by atoms with Crippen LogP contribution < -0.4 is 15.5 Å². The zero-order valence-corrected chi connectivity index (χ0v) is 15.7. The van der Waals surface area contributed by atoms with Gasteiger partial charge in [0, 0.05) is 38.5 Å². The molecule has 0 unspecified atom stereocenters. The summed E-state index contributed by atoms with van der Waals surface area (Å²) >= 11 is 5.01. The van der Waals surface area contributed by atoms with Gasteiger partial charge in [-0.05, 0) is 36.8 Å². The van der Waals surface area contributed by atoms with E-state index in [2.05, 4.69) is 39.8 Å². The topological polar surface area (TPSA) is 62.8 Å². The van der Waals surface area contributed by atoms with E-state index in [4.69, 9.17) is 21.7 Å². The Kier molecular flexibility index (Phi) is 7.21. The molecule has 0 fully saturated rings. The summed E-state index contributed by atoms with van der Waals surface area (Å²) < 4.78 is 10.5. The SMILES string of the molecule is COCCN(C)c1ccc(CCOC(=O)C2=C(C)NC(=S)NC2)cc1.